The Labute approximate surface area is 140 Å². The van der Waals surface area contributed by atoms with E-state index in [4.69, 9.17) is 27.6 Å². The Morgan fingerprint density at radius 3 is 2.91 bits per heavy atom. The Hall–Kier alpha value is -1.82. The van der Waals surface area contributed by atoms with Crippen molar-refractivity contribution >= 4 is 40.4 Å². The third kappa shape index (κ3) is 3.32. The van der Waals surface area contributed by atoms with Gasteiger partial charge >= 0.3 is 0 Å². The standard InChI is InChI=1S/C15H10Cl2N2O2S/c16-12-2-1-10(13(17)7-12)8-19-4-6-22-15(19)18-14(20)11-3-5-21-9-11/h1-7,9H,8H2. The van der Waals surface area contributed by atoms with E-state index in [-0.39, 0.29) is 5.91 Å². The molecule has 0 saturated carbocycles. The second-order valence-electron chi connectivity index (χ2n) is 4.48. The van der Waals surface area contributed by atoms with Gasteiger partial charge in [0.15, 0.2) is 4.80 Å². The van der Waals surface area contributed by atoms with E-state index >= 15 is 0 Å². The second-order valence-corrected chi connectivity index (χ2v) is 6.19. The summed E-state index contributed by atoms with van der Waals surface area (Å²) in [4.78, 5) is 16.7. The van der Waals surface area contributed by atoms with Gasteiger partial charge in [-0.1, -0.05) is 29.3 Å². The predicted octanol–water partition coefficient (Wildman–Crippen LogP) is 4.24. The Bertz CT molecular complexity index is 866. The number of hydrogen-bond acceptors (Lipinski definition) is 3. The minimum atomic E-state index is -0.341. The molecule has 1 amide bonds. The van der Waals surface area contributed by atoms with Gasteiger partial charge in [0, 0.05) is 21.6 Å². The van der Waals surface area contributed by atoms with Gasteiger partial charge in [-0.25, -0.2) is 0 Å². The Morgan fingerprint density at radius 2 is 2.18 bits per heavy atom. The molecule has 22 heavy (non-hydrogen) atoms. The highest BCUT2D eigenvalue weighted by atomic mass is 35.5. The first-order chi connectivity index (χ1) is 10.6. The molecule has 3 aromatic rings. The molecule has 0 N–H and O–H groups in total. The van der Waals surface area contributed by atoms with Crippen LogP contribution in [0.15, 0.2) is 57.8 Å². The minimum absolute atomic E-state index is 0.341. The van der Waals surface area contributed by atoms with Gasteiger partial charge in [-0.15, -0.1) is 11.3 Å². The molecule has 4 nitrogen and oxygen atoms in total. The van der Waals surface area contributed by atoms with Crippen LogP contribution in [0.2, 0.25) is 10.0 Å². The van der Waals surface area contributed by atoms with Crippen LogP contribution in [0.25, 0.3) is 0 Å². The van der Waals surface area contributed by atoms with Crippen molar-refractivity contribution in [3.8, 4) is 0 Å². The summed E-state index contributed by atoms with van der Waals surface area (Å²) in [6.07, 6.45) is 4.68. The van der Waals surface area contributed by atoms with Gasteiger partial charge in [0.2, 0.25) is 0 Å². The summed E-state index contributed by atoms with van der Waals surface area (Å²) >= 11 is 13.5. The highest BCUT2D eigenvalue weighted by Gasteiger charge is 2.07. The lowest BCUT2D eigenvalue weighted by atomic mass is 10.2. The van der Waals surface area contributed by atoms with E-state index in [2.05, 4.69) is 4.99 Å². The Morgan fingerprint density at radius 1 is 1.32 bits per heavy atom. The Kier molecular flexibility index (Phi) is 4.47. The van der Waals surface area contributed by atoms with Gasteiger partial charge in [-0.05, 0) is 23.8 Å². The summed E-state index contributed by atoms with van der Waals surface area (Å²) in [5, 5.41) is 3.04. The van der Waals surface area contributed by atoms with Crippen molar-refractivity contribution in [2.45, 2.75) is 6.54 Å². The lowest BCUT2D eigenvalue weighted by molar-refractivity contribution is 0.0997. The molecule has 0 radical (unpaired) electrons. The molecular weight excluding hydrogens is 343 g/mol. The molecule has 112 valence electrons. The number of rotatable bonds is 3. The average molecular weight is 353 g/mol. The molecule has 7 heteroatoms. The van der Waals surface area contributed by atoms with Crippen LogP contribution < -0.4 is 4.80 Å². The van der Waals surface area contributed by atoms with Crippen molar-refractivity contribution in [3.05, 3.63) is 74.3 Å². The zero-order valence-electron chi connectivity index (χ0n) is 11.2. The predicted molar refractivity (Wildman–Crippen MR) is 86.5 cm³/mol. The van der Waals surface area contributed by atoms with Crippen LogP contribution in [0.1, 0.15) is 15.9 Å². The fourth-order valence-electron chi connectivity index (χ4n) is 1.88. The number of amides is 1. The van der Waals surface area contributed by atoms with Crippen molar-refractivity contribution in [1.29, 1.82) is 0 Å². The summed E-state index contributed by atoms with van der Waals surface area (Å²) in [7, 11) is 0. The highest BCUT2D eigenvalue weighted by Crippen LogP contribution is 2.21. The summed E-state index contributed by atoms with van der Waals surface area (Å²) in [5.41, 5.74) is 1.33. The van der Waals surface area contributed by atoms with E-state index in [1.165, 1.54) is 23.9 Å². The number of hydrogen-bond donors (Lipinski definition) is 0. The number of aromatic nitrogens is 1. The van der Waals surface area contributed by atoms with Gasteiger partial charge in [0.25, 0.3) is 5.91 Å². The highest BCUT2D eigenvalue weighted by molar-refractivity contribution is 7.07. The number of carbonyl (C=O) groups is 1. The third-order valence-electron chi connectivity index (χ3n) is 2.98. The molecular formula is C15H10Cl2N2O2S. The van der Waals surface area contributed by atoms with Crippen molar-refractivity contribution in [2.24, 2.45) is 4.99 Å². The number of furan rings is 1. The van der Waals surface area contributed by atoms with Crippen molar-refractivity contribution in [2.75, 3.05) is 0 Å². The molecule has 0 fully saturated rings. The molecule has 1 aromatic carbocycles. The maximum absolute atomic E-state index is 12.0. The molecule has 0 unspecified atom stereocenters. The number of halogens is 2. The number of carbonyl (C=O) groups excluding carboxylic acids is 1. The molecule has 2 aromatic heterocycles. The third-order valence-corrected chi connectivity index (χ3v) is 4.36. The van der Waals surface area contributed by atoms with Gasteiger partial charge in [0.05, 0.1) is 18.4 Å². The molecule has 0 atom stereocenters. The molecule has 0 saturated heterocycles. The van der Waals surface area contributed by atoms with E-state index in [1.54, 1.807) is 18.2 Å². The van der Waals surface area contributed by atoms with Crippen LogP contribution in [0, 0.1) is 0 Å². The van der Waals surface area contributed by atoms with Crippen LogP contribution in [0.3, 0.4) is 0 Å². The maximum atomic E-state index is 12.0. The minimum Gasteiger partial charge on any atom is -0.472 e. The first-order valence-corrected chi connectivity index (χ1v) is 7.96. The molecule has 3 rings (SSSR count). The molecule has 0 spiro atoms. The first-order valence-electron chi connectivity index (χ1n) is 6.32. The van der Waals surface area contributed by atoms with Gasteiger partial charge < -0.3 is 8.98 Å². The number of nitrogens with zero attached hydrogens (tertiary/aromatic N) is 2. The fourth-order valence-corrected chi connectivity index (χ4v) is 3.07. The van der Waals surface area contributed by atoms with E-state index in [0.717, 1.165) is 5.56 Å². The lowest BCUT2D eigenvalue weighted by Crippen LogP contribution is -2.17. The van der Waals surface area contributed by atoms with Crippen LogP contribution in [0.4, 0.5) is 0 Å². The van der Waals surface area contributed by atoms with Crippen LogP contribution in [0.5, 0.6) is 0 Å². The van der Waals surface area contributed by atoms with E-state index in [9.17, 15) is 4.79 Å². The monoisotopic (exact) mass is 352 g/mol. The van der Waals surface area contributed by atoms with E-state index in [0.29, 0.717) is 27.0 Å². The fraction of sp³-hybridized carbons (Fsp3) is 0.0667. The smallest absolute Gasteiger partial charge is 0.282 e. The van der Waals surface area contributed by atoms with Gasteiger partial charge in [-0.3, -0.25) is 4.79 Å². The summed E-state index contributed by atoms with van der Waals surface area (Å²) in [6, 6.07) is 6.92. The number of benzene rings is 1. The quantitative estimate of drug-likeness (QED) is 0.707. The molecule has 0 aliphatic carbocycles. The lowest BCUT2D eigenvalue weighted by Gasteiger charge is -2.06. The maximum Gasteiger partial charge on any atom is 0.282 e. The molecule has 0 bridgehead atoms. The summed E-state index contributed by atoms with van der Waals surface area (Å²) in [5.74, 6) is -0.341. The van der Waals surface area contributed by atoms with Gasteiger partial charge in [0.1, 0.15) is 6.26 Å². The van der Waals surface area contributed by atoms with Crippen molar-refractivity contribution in [1.82, 2.24) is 4.57 Å². The Balaban J connectivity index is 1.91. The summed E-state index contributed by atoms with van der Waals surface area (Å²) < 4.78 is 6.75. The van der Waals surface area contributed by atoms with Crippen molar-refractivity contribution < 1.29 is 9.21 Å². The van der Waals surface area contributed by atoms with Crippen LogP contribution >= 0.6 is 34.5 Å². The molecule has 0 aliphatic heterocycles. The van der Waals surface area contributed by atoms with Crippen molar-refractivity contribution in [3.63, 3.8) is 0 Å². The zero-order chi connectivity index (χ0) is 15.5. The number of thiazole rings is 1. The molecule has 2 heterocycles. The normalized spacial score (nSPS) is 11.8. The SMILES string of the molecule is O=C(N=c1sccn1Cc1ccc(Cl)cc1Cl)c1ccoc1. The van der Waals surface area contributed by atoms with Gasteiger partial charge in [-0.2, -0.15) is 4.99 Å². The van der Waals surface area contributed by atoms with Crippen LogP contribution in [-0.4, -0.2) is 10.5 Å². The first kappa shape index (κ1) is 15.1. The molecule has 0 aliphatic rings. The summed E-state index contributed by atoms with van der Waals surface area (Å²) in [6.45, 7) is 0.511. The van der Waals surface area contributed by atoms with E-state index < -0.39 is 0 Å². The zero-order valence-corrected chi connectivity index (χ0v) is 13.5. The topological polar surface area (TPSA) is 47.5 Å². The van der Waals surface area contributed by atoms with Crippen LogP contribution in [-0.2, 0) is 6.54 Å². The second kappa shape index (κ2) is 6.52. The largest absolute Gasteiger partial charge is 0.472 e. The average Bonchev–Trinajstić information content (AvgIpc) is 3.14. The van der Waals surface area contributed by atoms with E-state index in [1.807, 2.05) is 22.2 Å².